The molecule has 0 aromatic heterocycles. The van der Waals surface area contributed by atoms with E-state index in [0.29, 0.717) is 12.2 Å². The summed E-state index contributed by atoms with van der Waals surface area (Å²) in [5.41, 5.74) is 0.480. The Kier molecular flexibility index (Phi) is 6.16. The van der Waals surface area contributed by atoms with Crippen molar-refractivity contribution >= 4 is 27.6 Å². The quantitative estimate of drug-likeness (QED) is 0.555. The van der Waals surface area contributed by atoms with Crippen molar-refractivity contribution in [3.63, 3.8) is 0 Å². The van der Waals surface area contributed by atoms with E-state index < -0.39 is 27.7 Å². The van der Waals surface area contributed by atoms with Crippen LogP contribution in [-0.2, 0) is 19.6 Å². The van der Waals surface area contributed by atoms with E-state index in [9.17, 15) is 18.0 Å². The van der Waals surface area contributed by atoms with Crippen LogP contribution < -0.4 is 4.72 Å². The standard InChI is InChI=1S/C13H17NO6S/c1-2-3-8-20-13(17)10-4-6-11(7-5-10)14-21(18,19)9-12(15)16/h4-7,14H,2-3,8-9H2,1H3,(H,15,16). The van der Waals surface area contributed by atoms with Crippen molar-refractivity contribution in [2.24, 2.45) is 0 Å². The maximum absolute atomic E-state index is 11.6. The van der Waals surface area contributed by atoms with E-state index in [4.69, 9.17) is 9.84 Å². The predicted octanol–water partition coefficient (Wildman–Crippen LogP) is 1.47. The van der Waals surface area contributed by atoms with Gasteiger partial charge in [0, 0.05) is 5.69 Å². The molecule has 7 nitrogen and oxygen atoms in total. The van der Waals surface area contributed by atoms with E-state index in [0.717, 1.165) is 12.8 Å². The molecule has 0 unspecified atom stereocenters. The number of aliphatic carboxylic acids is 1. The summed E-state index contributed by atoms with van der Waals surface area (Å²) in [4.78, 5) is 22.0. The molecule has 0 aliphatic carbocycles. The molecule has 0 heterocycles. The molecule has 1 aromatic carbocycles. The summed E-state index contributed by atoms with van der Waals surface area (Å²) in [5.74, 6) is -2.95. The Morgan fingerprint density at radius 3 is 2.38 bits per heavy atom. The first-order valence-electron chi connectivity index (χ1n) is 6.33. The topological polar surface area (TPSA) is 110 Å². The molecular formula is C13H17NO6S. The summed E-state index contributed by atoms with van der Waals surface area (Å²) in [6.07, 6.45) is 1.69. The molecule has 0 atom stereocenters. The summed E-state index contributed by atoms with van der Waals surface area (Å²) in [5, 5.41) is 8.47. The molecule has 21 heavy (non-hydrogen) atoms. The molecule has 0 aliphatic heterocycles. The third-order valence-electron chi connectivity index (χ3n) is 2.44. The Morgan fingerprint density at radius 2 is 1.86 bits per heavy atom. The maximum atomic E-state index is 11.6. The molecule has 1 aromatic rings. The molecule has 2 N–H and O–H groups in total. The van der Waals surface area contributed by atoms with Crippen molar-refractivity contribution in [3.8, 4) is 0 Å². The summed E-state index contributed by atoms with van der Waals surface area (Å²) < 4.78 is 30.0. The zero-order valence-electron chi connectivity index (χ0n) is 11.5. The van der Waals surface area contributed by atoms with Crippen LogP contribution in [0.25, 0.3) is 0 Å². The number of unbranched alkanes of at least 4 members (excludes halogenated alkanes) is 1. The van der Waals surface area contributed by atoms with E-state index in [2.05, 4.69) is 4.72 Å². The monoisotopic (exact) mass is 315 g/mol. The molecule has 0 saturated heterocycles. The minimum atomic E-state index is -3.95. The number of rotatable bonds is 8. The van der Waals surface area contributed by atoms with Gasteiger partial charge >= 0.3 is 11.9 Å². The zero-order chi connectivity index (χ0) is 15.9. The largest absolute Gasteiger partial charge is 0.480 e. The van der Waals surface area contributed by atoms with E-state index in [1.807, 2.05) is 6.92 Å². The van der Waals surface area contributed by atoms with Crippen LogP contribution in [0.3, 0.4) is 0 Å². The third kappa shape index (κ3) is 6.26. The van der Waals surface area contributed by atoms with E-state index in [1.165, 1.54) is 24.3 Å². The maximum Gasteiger partial charge on any atom is 0.338 e. The van der Waals surface area contributed by atoms with Crippen LogP contribution in [-0.4, -0.2) is 37.8 Å². The lowest BCUT2D eigenvalue weighted by atomic mass is 10.2. The fraction of sp³-hybridized carbons (Fsp3) is 0.385. The number of hydrogen-bond acceptors (Lipinski definition) is 5. The number of carboxylic acid groups (broad SMARTS) is 1. The van der Waals surface area contributed by atoms with Gasteiger partial charge in [-0.1, -0.05) is 13.3 Å². The van der Waals surface area contributed by atoms with Crippen LogP contribution in [0.5, 0.6) is 0 Å². The first kappa shape index (κ1) is 17.0. The van der Waals surface area contributed by atoms with Gasteiger partial charge in [0.2, 0.25) is 10.0 Å². The van der Waals surface area contributed by atoms with Crippen molar-refractivity contribution in [3.05, 3.63) is 29.8 Å². The van der Waals surface area contributed by atoms with Crippen LogP contribution in [0.2, 0.25) is 0 Å². The van der Waals surface area contributed by atoms with Gasteiger partial charge in [0.25, 0.3) is 0 Å². The second-order valence-electron chi connectivity index (χ2n) is 4.32. The van der Waals surface area contributed by atoms with Gasteiger partial charge in [-0.15, -0.1) is 0 Å². The highest BCUT2D eigenvalue weighted by atomic mass is 32.2. The van der Waals surface area contributed by atoms with Crippen LogP contribution >= 0.6 is 0 Å². The molecular weight excluding hydrogens is 298 g/mol. The van der Waals surface area contributed by atoms with Crippen LogP contribution in [0.1, 0.15) is 30.1 Å². The summed E-state index contributed by atoms with van der Waals surface area (Å²) in [6.45, 7) is 2.31. The molecule has 116 valence electrons. The lowest BCUT2D eigenvalue weighted by molar-refractivity contribution is -0.134. The molecule has 0 amide bonds. The highest BCUT2D eigenvalue weighted by Gasteiger charge is 2.15. The Hall–Kier alpha value is -2.09. The van der Waals surface area contributed by atoms with Gasteiger partial charge in [0.15, 0.2) is 5.75 Å². The SMILES string of the molecule is CCCCOC(=O)c1ccc(NS(=O)(=O)CC(=O)O)cc1. The number of carbonyl (C=O) groups excluding carboxylic acids is 1. The average molecular weight is 315 g/mol. The van der Waals surface area contributed by atoms with E-state index >= 15 is 0 Å². The Morgan fingerprint density at radius 1 is 1.24 bits per heavy atom. The molecule has 8 heteroatoms. The number of carboxylic acids is 1. The highest BCUT2D eigenvalue weighted by Crippen LogP contribution is 2.12. The van der Waals surface area contributed by atoms with Crippen LogP contribution in [0.15, 0.2) is 24.3 Å². The smallest absolute Gasteiger partial charge is 0.338 e. The normalized spacial score (nSPS) is 10.9. The minimum Gasteiger partial charge on any atom is -0.480 e. The van der Waals surface area contributed by atoms with E-state index in [1.54, 1.807) is 0 Å². The van der Waals surface area contributed by atoms with Crippen LogP contribution in [0.4, 0.5) is 5.69 Å². The molecule has 0 radical (unpaired) electrons. The van der Waals surface area contributed by atoms with Gasteiger partial charge in [0.05, 0.1) is 12.2 Å². The second-order valence-corrected chi connectivity index (χ2v) is 6.04. The summed E-state index contributed by atoms with van der Waals surface area (Å²) >= 11 is 0. The van der Waals surface area contributed by atoms with Gasteiger partial charge in [-0.2, -0.15) is 0 Å². The minimum absolute atomic E-state index is 0.182. The van der Waals surface area contributed by atoms with Gasteiger partial charge in [-0.25, -0.2) is 13.2 Å². The van der Waals surface area contributed by atoms with Crippen molar-refractivity contribution in [1.29, 1.82) is 0 Å². The molecule has 0 fully saturated rings. The first-order chi connectivity index (χ1) is 9.84. The Balaban J connectivity index is 2.66. The van der Waals surface area contributed by atoms with Gasteiger partial charge in [0.1, 0.15) is 0 Å². The van der Waals surface area contributed by atoms with Crippen molar-refractivity contribution in [2.45, 2.75) is 19.8 Å². The second kappa shape index (κ2) is 7.63. The molecule has 0 aliphatic rings. The number of ether oxygens (including phenoxy) is 1. The number of anilines is 1. The molecule has 0 bridgehead atoms. The lowest BCUT2D eigenvalue weighted by Crippen LogP contribution is -2.22. The number of carbonyl (C=O) groups is 2. The summed E-state index contributed by atoms with van der Waals surface area (Å²) in [7, 11) is -3.95. The number of hydrogen-bond donors (Lipinski definition) is 2. The molecule has 0 saturated carbocycles. The van der Waals surface area contributed by atoms with Crippen molar-refractivity contribution < 1.29 is 27.9 Å². The van der Waals surface area contributed by atoms with Gasteiger partial charge in [-0.05, 0) is 30.7 Å². The average Bonchev–Trinajstić information content (AvgIpc) is 2.37. The summed E-state index contributed by atoms with van der Waals surface area (Å²) in [6, 6.07) is 5.56. The fourth-order valence-corrected chi connectivity index (χ4v) is 2.34. The molecule has 1 rings (SSSR count). The zero-order valence-corrected chi connectivity index (χ0v) is 12.4. The van der Waals surface area contributed by atoms with Gasteiger partial charge in [-0.3, -0.25) is 9.52 Å². The molecule has 0 spiro atoms. The Labute approximate surface area is 123 Å². The van der Waals surface area contributed by atoms with Crippen molar-refractivity contribution in [1.82, 2.24) is 0 Å². The predicted molar refractivity (Wildman–Crippen MR) is 76.7 cm³/mol. The number of esters is 1. The number of sulfonamides is 1. The van der Waals surface area contributed by atoms with Crippen molar-refractivity contribution in [2.75, 3.05) is 17.1 Å². The third-order valence-corrected chi connectivity index (χ3v) is 3.61. The lowest BCUT2D eigenvalue weighted by Gasteiger charge is -2.07. The van der Waals surface area contributed by atoms with E-state index in [-0.39, 0.29) is 5.69 Å². The number of benzene rings is 1. The highest BCUT2D eigenvalue weighted by molar-refractivity contribution is 7.93. The Bertz CT molecular complexity index is 594. The first-order valence-corrected chi connectivity index (χ1v) is 7.99. The van der Waals surface area contributed by atoms with Crippen LogP contribution in [0, 0.1) is 0 Å². The van der Waals surface area contributed by atoms with Gasteiger partial charge < -0.3 is 9.84 Å². The fourth-order valence-electron chi connectivity index (χ4n) is 1.45. The number of nitrogens with one attached hydrogen (secondary N) is 1.